The summed E-state index contributed by atoms with van der Waals surface area (Å²) in [5.41, 5.74) is 0.753. The van der Waals surface area contributed by atoms with Crippen LogP contribution in [0.15, 0.2) is 22.7 Å². The molecule has 0 spiro atoms. The van der Waals surface area contributed by atoms with Crippen molar-refractivity contribution in [2.45, 2.75) is 25.7 Å². The summed E-state index contributed by atoms with van der Waals surface area (Å²) in [5, 5.41) is 0. The van der Waals surface area contributed by atoms with Gasteiger partial charge in [-0.2, -0.15) is 0 Å². The third kappa shape index (κ3) is 2.57. The van der Waals surface area contributed by atoms with Gasteiger partial charge in [0.2, 0.25) is 5.91 Å². The van der Waals surface area contributed by atoms with Gasteiger partial charge < -0.3 is 4.90 Å². The van der Waals surface area contributed by atoms with E-state index in [-0.39, 0.29) is 24.3 Å². The van der Waals surface area contributed by atoms with Gasteiger partial charge in [0.05, 0.1) is 11.1 Å². The summed E-state index contributed by atoms with van der Waals surface area (Å²) in [6, 6.07) is 5.01. The first-order valence-corrected chi connectivity index (χ1v) is 9.27. The maximum atomic E-state index is 12.6. The van der Waals surface area contributed by atoms with Crippen molar-refractivity contribution in [2.75, 3.05) is 19.6 Å². The van der Waals surface area contributed by atoms with Gasteiger partial charge in [0, 0.05) is 17.6 Å². The molecule has 5 nitrogen and oxygen atoms in total. The fourth-order valence-electron chi connectivity index (χ4n) is 4.25. The minimum absolute atomic E-state index is 0.113. The summed E-state index contributed by atoms with van der Waals surface area (Å²) in [4.78, 5) is 40.5. The number of rotatable bonds is 2. The second-order valence-corrected chi connectivity index (χ2v) is 7.91. The fraction of sp³-hybridized carbons (Fsp3) is 0.500. The standard InChI is InChI=1S/C18H19BrN2O3/c19-13-5-6-14-15(7-13)18(24)21(17(14)23)10-16(22)20-8-11-3-1-2-4-12(11)9-20/h5-7,11-12H,1-4,8-10H2. The topological polar surface area (TPSA) is 57.7 Å². The van der Waals surface area contributed by atoms with E-state index in [0.717, 1.165) is 22.5 Å². The number of carbonyl (C=O) groups excluding carboxylic acids is 3. The van der Waals surface area contributed by atoms with E-state index in [1.807, 2.05) is 4.90 Å². The Balaban J connectivity index is 1.47. The lowest BCUT2D eigenvalue weighted by atomic mass is 9.82. The van der Waals surface area contributed by atoms with Crippen molar-refractivity contribution in [3.8, 4) is 0 Å². The number of benzene rings is 1. The van der Waals surface area contributed by atoms with Crippen molar-refractivity contribution in [1.82, 2.24) is 9.80 Å². The van der Waals surface area contributed by atoms with Gasteiger partial charge in [0.25, 0.3) is 11.8 Å². The molecule has 2 fully saturated rings. The first kappa shape index (κ1) is 15.8. The van der Waals surface area contributed by atoms with E-state index in [2.05, 4.69) is 15.9 Å². The monoisotopic (exact) mass is 390 g/mol. The predicted octanol–water partition coefficient (Wildman–Crippen LogP) is 2.69. The number of nitrogens with zero attached hydrogens (tertiary/aromatic N) is 2. The van der Waals surface area contributed by atoms with Crippen LogP contribution in [0.4, 0.5) is 0 Å². The zero-order valence-corrected chi connectivity index (χ0v) is 14.9. The molecular weight excluding hydrogens is 372 g/mol. The molecule has 2 aliphatic heterocycles. The average molecular weight is 391 g/mol. The molecule has 1 saturated carbocycles. The molecular formula is C18H19BrN2O3. The van der Waals surface area contributed by atoms with Gasteiger partial charge in [-0.15, -0.1) is 0 Å². The Morgan fingerprint density at radius 2 is 1.67 bits per heavy atom. The molecule has 2 atom stereocenters. The normalized spacial score (nSPS) is 25.9. The Morgan fingerprint density at radius 1 is 1.04 bits per heavy atom. The minimum Gasteiger partial charge on any atom is -0.341 e. The van der Waals surface area contributed by atoms with Crippen molar-refractivity contribution in [1.29, 1.82) is 0 Å². The lowest BCUT2D eigenvalue weighted by molar-refractivity contribution is -0.130. The zero-order chi connectivity index (χ0) is 16.8. The van der Waals surface area contributed by atoms with E-state index in [1.54, 1.807) is 18.2 Å². The number of fused-ring (bicyclic) bond motifs is 2. The van der Waals surface area contributed by atoms with Crippen molar-refractivity contribution in [3.05, 3.63) is 33.8 Å². The van der Waals surface area contributed by atoms with Crippen LogP contribution in [-0.2, 0) is 4.79 Å². The van der Waals surface area contributed by atoms with Crippen LogP contribution >= 0.6 is 15.9 Å². The van der Waals surface area contributed by atoms with Gasteiger partial charge in [0.15, 0.2) is 0 Å². The molecule has 24 heavy (non-hydrogen) atoms. The van der Waals surface area contributed by atoms with Crippen LogP contribution in [0, 0.1) is 11.8 Å². The summed E-state index contributed by atoms with van der Waals surface area (Å²) in [5.74, 6) is 0.341. The van der Waals surface area contributed by atoms with Crippen LogP contribution < -0.4 is 0 Å². The smallest absolute Gasteiger partial charge is 0.262 e. The van der Waals surface area contributed by atoms with Crippen LogP contribution in [0.1, 0.15) is 46.4 Å². The Labute approximate surface area is 149 Å². The SMILES string of the molecule is O=C(CN1C(=O)c2ccc(Br)cc2C1=O)N1CC2CCCCC2C1. The number of carbonyl (C=O) groups is 3. The number of halogens is 1. The second kappa shape index (κ2) is 5.99. The van der Waals surface area contributed by atoms with E-state index >= 15 is 0 Å². The molecule has 4 rings (SSSR count). The van der Waals surface area contributed by atoms with E-state index in [4.69, 9.17) is 0 Å². The minimum atomic E-state index is -0.374. The molecule has 0 N–H and O–H groups in total. The molecule has 3 amide bonds. The molecule has 6 heteroatoms. The lowest BCUT2D eigenvalue weighted by Crippen LogP contribution is -2.42. The molecule has 3 aliphatic rings. The number of amides is 3. The maximum absolute atomic E-state index is 12.6. The molecule has 2 heterocycles. The molecule has 1 aromatic rings. The van der Waals surface area contributed by atoms with Crippen LogP contribution in [0.3, 0.4) is 0 Å². The van der Waals surface area contributed by atoms with E-state index in [1.165, 1.54) is 25.7 Å². The van der Waals surface area contributed by atoms with E-state index in [0.29, 0.717) is 23.0 Å². The Hall–Kier alpha value is -1.69. The highest BCUT2D eigenvalue weighted by Gasteiger charge is 2.40. The van der Waals surface area contributed by atoms with Gasteiger partial charge in [-0.05, 0) is 42.9 Å². The summed E-state index contributed by atoms with van der Waals surface area (Å²) in [6.45, 7) is 1.40. The van der Waals surface area contributed by atoms with Gasteiger partial charge in [-0.25, -0.2) is 0 Å². The van der Waals surface area contributed by atoms with Gasteiger partial charge in [0.1, 0.15) is 6.54 Å². The Morgan fingerprint density at radius 3 is 2.33 bits per heavy atom. The maximum Gasteiger partial charge on any atom is 0.262 e. The molecule has 1 aliphatic carbocycles. The summed E-state index contributed by atoms with van der Waals surface area (Å²) in [7, 11) is 0. The van der Waals surface area contributed by atoms with Crippen molar-refractivity contribution >= 4 is 33.7 Å². The molecule has 1 saturated heterocycles. The van der Waals surface area contributed by atoms with Crippen LogP contribution in [0.5, 0.6) is 0 Å². The van der Waals surface area contributed by atoms with E-state index in [9.17, 15) is 14.4 Å². The molecule has 0 radical (unpaired) electrons. The van der Waals surface area contributed by atoms with E-state index < -0.39 is 0 Å². The molecule has 2 unspecified atom stereocenters. The number of hydrogen-bond donors (Lipinski definition) is 0. The first-order chi connectivity index (χ1) is 11.5. The summed E-state index contributed by atoms with van der Waals surface area (Å²) < 4.78 is 0.749. The number of imide groups is 1. The van der Waals surface area contributed by atoms with Gasteiger partial charge in [-0.3, -0.25) is 19.3 Å². The Bertz CT molecular complexity index is 719. The van der Waals surface area contributed by atoms with Crippen molar-refractivity contribution in [2.24, 2.45) is 11.8 Å². The lowest BCUT2D eigenvalue weighted by Gasteiger charge is -2.22. The highest BCUT2D eigenvalue weighted by molar-refractivity contribution is 9.10. The number of likely N-dealkylation sites (tertiary alicyclic amines) is 1. The molecule has 0 bridgehead atoms. The van der Waals surface area contributed by atoms with Crippen molar-refractivity contribution < 1.29 is 14.4 Å². The third-order valence-corrected chi connectivity index (χ3v) is 6.05. The predicted molar refractivity (Wildman–Crippen MR) is 91.5 cm³/mol. The third-order valence-electron chi connectivity index (χ3n) is 5.56. The quantitative estimate of drug-likeness (QED) is 0.729. The second-order valence-electron chi connectivity index (χ2n) is 6.99. The largest absolute Gasteiger partial charge is 0.341 e. The van der Waals surface area contributed by atoms with Crippen LogP contribution in [0.25, 0.3) is 0 Å². The average Bonchev–Trinajstić information content (AvgIpc) is 3.10. The zero-order valence-electron chi connectivity index (χ0n) is 13.3. The van der Waals surface area contributed by atoms with Gasteiger partial charge >= 0.3 is 0 Å². The molecule has 1 aromatic carbocycles. The van der Waals surface area contributed by atoms with Crippen LogP contribution in [0.2, 0.25) is 0 Å². The van der Waals surface area contributed by atoms with Crippen molar-refractivity contribution in [3.63, 3.8) is 0 Å². The summed E-state index contributed by atoms with van der Waals surface area (Å²) >= 11 is 3.31. The Kier molecular flexibility index (Phi) is 3.95. The molecule has 0 aromatic heterocycles. The highest BCUT2D eigenvalue weighted by Crippen LogP contribution is 2.36. The molecule has 126 valence electrons. The fourth-order valence-corrected chi connectivity index (χ4v) is 4.61. The first-order valence-electron chi connectivity index (χ1n) is 8.48. The number of hydrogen-bond acceptors (Lipinski definition) is 3. The highest BCUT2D eigenvalue weighted by atomic mass is 79.9. The van der Waals surface area contributed by atoms with Gasteiger partial charge in [-0.1, -0.05) is 28.8 Å². The van der Waals surface area contributed by atoms with Crippen LogP contribution in [-0.4, -0.2) is 47.2 Å². The summed E-state index contributed by atoms with van der Waals surface area (Å²) in [6.07, 6.45) is 4.87.